The Bertz CT molecular complexity index is 733. The highest BCUT2D eigenvalue weighted by molar-refractivity contribution is 5.92. The van der Waals surface area contributed by atoms with Crippen LogP contribution in [-0.4, -0.2) is 47.9 Å². The number of nitrogens with one attached hydrogen (secondary N) is 1. The van der Waals surface area contributed by atoms with E-state index in [9.17, 15) is 9.59 Å². The minimum Gasteiger partial charge on any atom is -0.459 e. The molecule has 0 bridgehead atoms. The zero-order chi connectivity index (χ0) is 19.1. The van der Waals surface area contributed by atoms with E-state index in [1.807, 2.05) is 12.1 Å². The number of anilines is 1. The van der Waals surface area contributed by atoms with Crippen LogP contribution in [0.15, 0.2) is 47.1 Å². The molecule has 1 aliphatic rings. The van der Waals surface area contributed by atoms with E-state index in [1.165, 1.54) is 31.1 Å². The Morgan fingerprint density at radius 2 is 1.70 bits per heavy atom. The summed E-state index contributed by atoms with van der Waals surface area (Å²) in [6.45, 7) is 4.22. The second-order valence-corrected chi connectivity index (χ2v) is 6.84. The van der Waals surface area contributed by atoms with Gasteiger partial charge < -0.3 is 19.5 Å². The maximum Gasteiger partial charge on any atom is 0.321 e. The molecule has 2 aromatic rings. The van der Waals surface area contributed by atoms with E-state index in [0.717, 1.165) is 12.1 Å². The quantitative estimate of drug-likeness (QED) is 0.783. The van der Waals surface area contributed by atoms with Crippen molar-refractivity contribution in [2.24, 2.45) is 0 Å². The van der Waals surface area contributed by atoms with Gasteiger partial charge in [0, 0.05) is 31.9 Å². The van der Waals surface area contributed by atoms with Crippen molar-refractivity contribution in [2.75, 3.05) is 31.5 Å². The highest BCUT2D eigenvalue weighted by Gasteiger charge is 2.26. The number of benzene rings is 1. The summed E-state index contributed by atoms with van der Waals surface area (Å²) >= 11 is 0. The summed E-state index contributed by atoms with van der Waals surface area (Å²) in [5, 5.41) is 2.94. The average molecular weight is 369 g/mol. The molecule has 0 spiro atoms. The smallest absolute Gasteiger partial charge is 0.321 e. The van der Waals surface area contributed by atoms with Crippen molar-refractivity contribution >= 4 is 17.6 Å². The van der Waals surface area contributed by atoms with Gasteiger partial charge in [0.05, 0.1) is 6.26 Å². The summed E-state index contributed by atoms with van der Waals surface area (Å²) in [7, 11) is 0. The topological polar surface area (TPSA) is 65.8 Å². The number of carbonyl (C=O) groups is 2. The molecule has 1 N–H and O–H groups in total. The van der Waals surface area contributed by atoms with E-state index < -0.39 is 0 Å². The molecule has 0 saturated carbocycles. The number of rotatable bonds is 6. The van der Waals surface area contributed by atoms with E-state index in [4.69, 9.17) is 4.42 Å². The van der Waals surface area contributed by atoms with Crippen molar-refractivity contribution in [3.8, 4) is 0 Å². The van der Waals surface area contributed by atoms with Crippen molar-refractivity contribution in [1.29, 1.82) is 0 Å². The number of furan rings is 1. The number of hydrogen-bond donors (Lipinski definition) is 1. The highest BCUT2D eigenvalue weighted by atomic mass is 16.3. The minimum absolute atomic E-state index is 0.126. The van der Waals surface area contributed by atoms with Gasteiger partial charge in [-0.05, 0) is 42.7 Å². The van der Waals surface area contributed by atoms with Crippen LogP contribution in [0.4, 0.5) is 10.5 Å². The molecule has 2 heterocycles. The number of unbranched alkanes of at least 4 members (excludes halogenated alkanes) is 2. The molecule has 27 heavy (non-hydrogen) atoms. The zero-order valence-corrected chi connectivity index (χ0v) is 15.8. The van der Waals surface area contributed by atoms with Gasteiger partial charge in [0.25, 0.3) is 5.91 Å². The molecule has 0 unspecified atom stereocenters. The van der Waals surface area contributed by atoms with Crippen molar-refractivity contribution in [2.45, 2.75) is 32.6 Å². The molecule has 3 rings (SSSR count). The molecule has 1 fully saturated rings. The maximum absolute atomic E-state index is 12.5. The first-order chi connectivity index (χ1) is 13.2. The SMILES string of the molecule is CCCCCc1ccc(NC(=O)N2CCN(C(=O)c3ccco3)CC2)cc1. The van der Waals surface area contributed by atoms with Crippen LogP contribution in [0, 0.1) is 0 Å². The number of nitrogens with zero attached hydrogens (tertiary/aromatic N) is 2. The first-order valence-corrected chi connectivity index (χ1v) is 9.65. The molecule has 6 heteroatoms. The van der Waals surface area contributed by atoms with E-state index in [1.54, 1.807) is 21.9 Å². The van der Waals surface area contributed by atoms with Crippen molar-refractivity contribution < 1.29 is 14.0 Å². The van der Waals surface area contributed by atoms with Crippen molar-refractivity contribution in [3.63, 3.8) is 0 Å². The molecule has 144 valence electrons. The van der Waals surface area contributed by atoms with Gasteiger partial charge in [-0.25, -0.2) is 4.79 Å². The van der Waals surface area contributed by atoms with Gasteiger partial charge in [-0.15, -0.1) is 0 Å². The molecule has 0 radical (unpaired) electrons. The lowest BCUT2D eigenvalue weighted by molar-refractivity contribution is 0.0640. The molecule has 1 aromatic heterocycles. The number of carbonyl (C=O) groups excluding carboxylic acids is 2. The Morgan fingerprint density at radius 1 is 1.00 bits per heavy atom. The van der Waals surface area contributed by atoms with Crippen LogP contribution in [0.5, 0.6) is 0 Å². The van der Waals surface area contributed by atoms with E-state index in [-0.39, 0.29) is 11.9 Å². The fourth-order valence-electron chi connectivity index (χ4n) is 3.21. The number of aryl methyl sites for hydroxylation is 1. The average Bonchev–Trinajstić information content (AvgIpc) is 3.24. The number of piperazine rings is 1. The van der Waals surface area contributed by atoms with Gasteiger partial charge >= 0.3 is 6.03 Å². The highest BCUT2D eigenvalue weighted by Crippen LogP contribution is 2.14. The molecule has 0 atom stereocenters. The van der Waals surface area contributed by atoms with Crippen LogP contribution in [-0.2, 0) is 6.42 Å². The van der Waals surface area contributed by atoms with Gasteiger partial charge in [-0.1, -0.05) is 31.9 Å². The monoisotopic (exact) mass is 369 g/mol. The first kappa shape index (κ1) is 19.0. The third kappa shape index (κ3) is 5.12. The van der Waals surface area contributed by atoms with E-state index >= 15 is 0 Å². The lowest BCUT2D eigenvalue weighted by atomic mass is 10.1. The molecular formula is C21H27N3O3. The van der Waals surface area contributed by atoms with E-state index in [2.05, 4.69) is 24.4 Å². The standard InChI is InChI=1S/C21H27N3O3/c1-2-3-4-6-17-8-10-18(11-9-17)22-21(26)24-14-12-23(13-15-24)20(25)19-7-5-16-27-19/h5,7-11,16H,2-4,6,12-15H2,1H3,(H,22,26). The molecule has 1 aliphatic heterocycles. The maximum atomic E-state index is 12.5. The Labute approximate surface area is 160 Å². The minimum atomic E-state index is -0.126. The molecule has 1 aromatic carbocycles. The largest absolute Gasteiger partial charge is 0.459 e. The third-order valence-electron chi connectivity index (χ3n) is 4.86. The van der Waals surface area contributed by atoms with Crippen molar-refractivity contribution in [1.82, 2.24) is 9.80 Å². The Balaban J connectivity index is 1.46. The van der Waals surface area contributed by atoms with Crippen LogP contribution >= 0.6 is 0 Å². The van der Waals surface area contributed by atoms with Crippen LogP contribution in [0.2, 0.25) is 0 Å². The lowest BCUT2D eigenvalue weighted by Gasteiger charge is -2.34. The number of hydrogen-bond acceptors (Lipinski definition) is 3. The molecule has 6 nitrogen and oxygen atoms in total. The Hall–Kier alpha value is -2.76. The zero-order valence-electron chi connectivity index (χ0n) is 15.8. The van der Waals surface area contributed by atoms with Gasteiger partial charge in [0.2, 0.25) is 0 Å². The normalized spacial score (nSPS) is 14.3. The summed E-state index contributed by atoms with van der Waals surface area (Å²) in [4.78, 5) is 28.2. The van der Waals surface area contributed by atoms with Crippen molar-refractivity contribution in [3.05, 3.63) is 54.0 Å². The second kappa shape index (κ2) is 9.26. The summed E-state index contributed by atoms with van der Waals surface area (Å²) in [6.07, 6.45) is 6.23. The van der Waals surface area contributed by atoms with Gasteiger partial charge in [-0.3, -0.25) is 4.79 Å². The second-order valence-electron chi connectivity index (χ2n) is 6.84. The lowest BCUT2D eigenvalue weighted by Crippen LogP contribution is -2.51. The van der Waals surface area contributed by atoms with Crippen LogP contribution < -0.4 is 5.32 Å². The fourth-order valence-corrected chi connectivity index (χ4v) is 3.21. The summed E-state index contributed by atoms with van der Waals surface area (Å²) in [5.74, 6) is 0.214. The number of amides is 3. The molecule has 3 amide bonds. The van der Waals surface area contributed by atoms with Crippen LogP contribution in [0.1, 0.15) is 42.3 Å². The summed E-state index contributed by atoms with van der Waals surface area (Å²) < 4.78 is 5.16. The molecule has 0 aliphatic carbocycles. The van der Waals surface area contributed by atoms with Crippen LogP contribution in [0.25, 0.3) is 0 Å². The third-order valence-corrected chi connectivity index (χ3v) is 4.86. The summed E-state index contributed by atoms with van der Waals surface area (Å²) in [6, 6.07) is 11.3. The van der Waals surface area contributed by atoms with Gasteiger partial charge in [-0.2, -0.15) is 0 Å². The molecule has 1 saturated heterocycles. The predicted octanol–water partition coefficient (Wildman–Crippen LogP) is 4.00. The summed E-state index contributed by atoms with van der Waals surface area (Å²) in [5.41, 5.74) is 2.10. The Morgan fingerprint density at radius 3 is 2.33 bits per heavy atom. The first-order valence-electron chi connectivity index (χ1n) is 9.65. The molecular weight excluding hydrogens is 342 g/mol. The fraction of sp³-hybridized carbons (Fsp3) is 0.429. The predicted molar refractivity (Wildman–Crippen MR) is 105 cm³/mol. The van der Waals surface area contributed by atoms with Crippen LogP contribution in [0.3, 0.4) is 0 Å². The van der Waals surface area contributed by atoms with Gasteiger partial charge in [0.15, 0.2) is 5.76 Å². The number of urea groups is 1. The van der Waals surface area contributed by atoms with E-state index in [0.29, 0.717) is 31.9 Å². The van der Waals surface area contributed by atoms with Gasteiger partial charge in [0.1, 0.15) is 0 Å². The Kier molecular flexibility index (Phi) is 6.52.